The molecular formula is C20H29N5O. The quantitative estimate of drug-likeness (QED) is 0.854. The Hall–Kier alpha value is -2.24. The van der Waals surface area contributed by atoms with Crippen molar-refractivity contribution in [1.82, 2.24) is 25.1 Å². The summed E-state index contributed by atoms with van der Waals surface area (Å²) in [6.07, 6.45) is 7.55. The van der Waals surface area contributed by atoms with Gasteiger partial charge in [0.05, 0.1) is 12.1 Å². The van der Waals surface area contributed by atoms with Gasteiger partial charge < -0.3 is 5.32 Å². The Morgan fingerprint density at radius 1 is 1.08 bits per heavy atom. The van der Waals surface area contributed by atoms with E-state index in [-0.39, 0.29) is 5.91 Å². The second-order valence-corrected chi connectivity index (χ2v) is 7.44. The minimum atomic E-state index is 0.0870. The molecule has 0 saturated heterocycles. The highest BCUT2D eigenvalue weighted by atomic mass is 16.1. The van der Waals surface area contributed by atoms with Crippen LogP contribution < -0.4 is 5.32 Å². The van der Waals surface area contributed by atoms with Gasteiger partial charge in [0.1, 0.15) is 0 Å². The fourth-order valence-corrected chi connectivity index (χ4v) is 3.79. The van der Waals surface area contributed by atoms with Gasteiger partial charge in [-0.15, -0.1) is 0 Å². The zero-order valence-electron chi connectivity index (χ0n) is 16.3. The lowest BCUT2D eigenvalue weighted by Gasteiger charge is -2.16. The number of carbonyl (C=O) groups is 1. The molecule has 2 aromatic heterocycles. The predicted molar refractivity (Wildman–Crippen MR) is 101 cm³/mol. The number of hydrogen-bond acceptors (Lipinski definition) is 4. The molecule has 0 spiro atoms. The van der Waals surface area contributed by atoms with Crippen LogP contribution >= 0.6 is 0 Å². The molecular weight excluding hydrogens is 326 g/mol. The van der Waals surface area contributed by atoms with E-state index in [1.807, 2.05) is 33.8 Å². The van der Waals surface area contributed by atoms with Crippen LogP contribution in [0.15, 0.2) is 6.07 Å². The Morgan fingerprint density at radius 3 is 2.31 bits per heavy atom. The van der Waals surface area contributed by atoms with E-state index in [2.05, 4.69) is 20.4 Å². The molecule has 0 aromatic carbocycles. The van der Waals surface area contributed by atoms with Crippen LogP contribution in [0, 0.1) is 27.7 Å². The van der Waals surface area contributed by atoms with Gasteiger partial charge in [-0.3, -0.25) is 4.79 Å². The van der Waals surface area contributed by atoms with E-state index >= 15 is 0 Å². The van der Waals surface area contributed by atoms with E-state index < -0.39 is 0 Å². The van der Waals surface area contributed by atoms with Gasteiger partial charge in [-0.2, -0.15) is 5.10 Å². The Kier molecular flexibility index (Phi) is 5.69. The van der Waals surface area contributed by atoms with Crippen LogP contribution in [0.5, 0.6) is 0 Å². The van der Waals surface area contributed by atoms with E-state index in [4.69, 9.17) is 0 Å². The number of hydrogen-bond donors (Lipinski definition) is 1. The van der Waals surface area contributed by atoms with E-state index in [0.717, 1.165) is 41.2 Å². The standard InChI is InChI=1S/C20H29N5O/c1-13-11-14(2)22-20(21-13)25-16(4)18(15(3)24-25)12-19(26)23-17-9-7-5-6-8-10-17/h11,17H,5-10,12H2,1-4H3,(H,23,26). The summed E-state index contributed by atoms with van der Waals surface area (Å²) in [4.78, 5) is 21.6. The SMILES string of the molecule is Cc1cc(C)nc(-n2nc(C)c(CC(=O)NC3CCCCCC3)c2C)n1. The summed E-state index contributed by atoms with van der Waals surface area (Å²) in [5.41, 5.74) is 4.59. The van der Waals surface area contributed by atoms with Crippen LogP contribution in [0.2, 0.25) is 0 Å². The Morgan fingerprint density at radius 2 is 1.69 bits per heavy atom. The summed E-state index contributed by atoms with van der Waals surface area (Å²) >= 11 is 0. The van der Waals surface area contributed by atoms with Crippen LogP contribution in [0.1, 0.15) is 66.9 Å². The third-order valence-electron chi connectivity index (χ3n) is 5.16. The van der Waals surface area contributed by atoms with Crippen LogP contribution in [-0.4, -0.2) is 31.7 Å². The Balaban J connectivity index is 1.76. The first-order valence-corrected chi connectivity index (χ1v) is 9.61. The fraction of sp³-hybridized carbons (Fsp3) is 0.600. The van der Waals surface area contributed by atoms with Crippen molar-refractivity contribution < 1.29 is 4.79 Å². The molecule has 0 aliphatic heterocycles. The second kappa shape index (κ2) is 7.98. The van der Waals surface area contributed by atoms with Gasteiger partial charge in [0.25, 0.3) is 5.95 Å². The number of nitrogens with zero attached hydrogens (tertiary/aromatic N) is 4. The van der Waals surface area contributed by atoms with Crippen LogP contribution in [0.25, 0.3) is 5.95 Å². The largest absolute Gasteiger partial charge is 0.353 e. The summed E-state index contributed by atoms with van der Waals surface area (Å²) in [7, 11) is 0. The fourth-order valence-electron chi connectivity index (χ4n) is 3.79. The minimum absolute atomic E-state index is 0.0870. The molecule has 0 unspecified atom stereocenters. The van der Waals surface area contributed by atoms with Crippen LogP contribution in [-0.2, 0) is 11.2 Å². The molecule has 1 aliphatic rings. The monoisotopic (exact) mass is 355 g/mol. The average molecular weight is 355 g/mol. The van der Waals surface area contributed by atoms with Gasteiger partial charge in [0.2, 0.25) is 5.91 Å². The molecule has 3 rings (SSSR count). The first-order valence-electron chi connectivity index (χ1n) is 9.61. The van der Waals surface area contributed by atoms with E-state index in [1.54, 1.807) is 4.68 Å². The third kappa shape index (κ3) is 4.29. The Bertz CT molecular complexity index is 767. The lowest BCUT2D eigenvalue weighted by Crippen LogP contribution is -2.35. The maximum Gasteiger partial charge on any atom is 0.251 e. The van der Waals surface area contributed by atoms with Crippen molar-refractivity contribution in [2.45, 2.75) is 78.7 Å². The number of aromatic nitrogens is 4. The first-order chi connectivity index (χ1) is 12.4. The molecule has 1 N–H and O–H groups in total. The predicted octanol–water partition coefficient (Wildman–Crippen LogP) is 3.28. The normalized spacial score (nSPS) is 15.7. The first kappa shape index (κ1) is 18.5. The van der Waals surface area contributed by atoms with E-state index in [0.29, 0.717) is 18.4 Å². The smallest absolute Gasteiger partial charge is 0.251 e. The van der Waals surface area contributed by atoms with Crippen molar-refractivity contribution in [2.75, 3.05) is 0 Å². The van der Waals surface area contributed by atoms with Gasteiger partial charge >= 0.3 is 0 Å². The summed E-state index contributed by atoms with van der Waals surface area (Å²) in [6, 6.07) is 2.26. The molecule has 0 atom stereocenters. The Labute approximate surface area is 155 Å². The summed E-state index contributed by atoms with van der Waals surface area (Å²) in [5, 5.41) is 7.81. The number of aryl methyl sites for hydroxylation is 3. The number of carbonyl (C=O) groups excluding carboxylic acids is 1. The van der Waals surface area contributed by atoms with Gasteiger partial charge in [-0.1, -0.05) is 25.7 Å². The van der Waals surface area contributed by atoms with Crippen molar-refractivity contribution in [3.8, 4) is 5.95 Å². The van der Waals surface area contributed by atoms with Gasteiger partial charge in [-0.05, 0) is 46.6 Å². The van der Waals surface area contributed by atoms with Crippen molar-refractivity contribution in [3.05, 3.63) is 34.4 Å². The van der Waals surface area contributed by atoms with Gasteiger partial charge in [0, 0.05) is 28.7 Å². The van der Waals surface area contributed by atoms with Crippen molar-refractivity contribution in [3.63, 3.8) is 0 Å². The molecule has 2 aromatic rings. The zero-order valence-corrected chi connectivity index (χ0v) is 16.3. The molecule has 140 valence electrons. The number of amides is 1. The molecule has 1 saturated carbocycles. The molecule has 6 nitrogen and oxygen atoms in total. The molecule has 0 radical (unpaired) electrons. The van der Waals surface area contributed by atoms with Crippen LogP contribution in [0.4, 0.5) is 0 Å². The summed E-state index contributed by atoms with van der Waals surface area (Å²) in [5.74, 6) is 0.655. The number of rotatable bonds is 4. The molecule has 1 fully saturated rings. The molecule has 6 heteroatoms. The zero-order chi connectivity index (χ0) is 18.7. The van der Waals surface area contributed by atoms with Gasteiger partial charge in [-0.25, -0.2) is 14.6 Å². The maximum atomic E-state index is 12.6. The highest BCUT2D eigenvalue weighted by Crippen LogP contribution is 2.19. The van der Waals surface area contributed by atoms with Crippen molar-refractivity contribution in [1.29, 1.82) is 0 Å². The molecule has 1 amide bonds. The van der Waals surface area contributed by atoms with E-state index in [1.165, 1.54) is 25.7 Å². The topological polar surface area (TPSA) is 72.7 Å². The average Bonchev–Trinajstić information content (AvgIpc) is 2.76. The maximum absolute atomic E-state index is 12.6. The van der Waals surface area contributed by atoms with Crippen LogP contribution in [0.3, 0.4) is 0 Å². The third-order valence-corrected chi connectivity index (χ3v) is 5.16. The number of nitrogens with one attached hydrogen (secondary N) is 1. The minimum Gasteiger partial charge on any atom is -0.353 e. The summed E-state index contributed by atoms with van der Waals surface area (Å²) < 4.78 is 1.75. The van der Waals surface area contributed by atoms with Gasteiger partial charge in [0.15, 0.2) is 0 Å². The lowest BCUT2D eigenvalue weighted by molar-refractivity contribution is -0.121. The van der Waals surface area contributed by atoms with Crippen molar-refractivity contribution in [2.24, 2.45) is 0 Å². The second-order valence-electron chi connectivity index (χ2n) is 7.44. The molecule has 26 heavy (non-hydrogen) atoms. The highest BCUT2D eigenvalue weighted by Gasteiger charge is 2.20. The summed E-state index contributed by atoms with van der Waals surface area (Å²) in [6.45, 7) is 7.83. The van der Waals surface area contributed by atoms with E-state index in [9.17, 15) is 4.79 Å². The highest BCUT2D eigenvalue weighted by molar-refractivity contribution is 5.79. The molecule has 0 bridgehead atoms. The molecule has 1 aliphatic carbocycles. The molecule has 2 heterocycles. The van der Waals surface area contributed by atoms with Crippen molar-refractivity contribution >= 4 is 5.91 Å². The lowest BCUT2D eigenvalue weighted by atomic mass is 10.1.